The number of anilines is 1. The Bertz CT molecular complexity index is 1400. The number of hydrogen-bond donors (Lipinski definition) is 3. The molecule has 0 radical (unpaired) electrons. The van der Waals surface area contributed by atoms with Crippen LogP contribution in [0, 0.1) is 24.1 Å². The maximum atomic E-state index is 14.6. The molecule has 12 heteroatoms. The lowest BCUT2D eigenvalue weighted by molar-refractivity contribution is -0.124. The summed E-state index contributed by atoms with van der Waals surface area (Å²) < 4.78 is 27.3. The van der Waals surface area contributed by atoms with Gasteiger partial charge >= 0.3 is 0 Å². The summed E-state index contributed by atoms with van der Waals surface area (Å²) in [5.41, 5.74) is 6.52. The van der Waals surface area contributed by atoms with Crippen LogP contribution in [0.1, 0.15) is 70.0 Å². The van der Waals surface area contributed by atoms with Gasteiger partial charge in [-0.15, -0.1) is 0 Å². The summed E-state index contributed by atoms with van der Waals surface area (Å²) in [6, 6.07) is 8.22. The van der Waals surface area contributed by atoms with Crippen LogP contribution < -0.4 is 20.6 Å². The van der Waals surface area contributed by atoms with Crippen molar-refractivity contribution in [2.45, 2.75) is 104 Å². The maximum absolute atomic E-state index is 14.6. The van der Waals surface area contributed by atoms with E-state index in [4.69, 9.17) is 20.5 Å². The number of amides is 2. The predicted molar refractivity (Wildman–Crippen MR) is 176 cm³/mol. The van der Waals surface area contributed by atoms with E-state index in [1.165, 1.54) is 18.2 Å². The average molecular weight is 649 g/mol. The summed E-state index contributed by atoms with van der Waals surface area (Å²) in [6.07, 6.45) is -0.609. The molecule has 43 heavy (non-hydrogen) atoms. The van der Waals surface area contributed by atoms with Crippen molar-refractivity contribution < 1.29 is 22.8 Å². The Morgan fingerprint density at radius 1 is 0.977 bits per heavy atom. The number of benzene rings is 2. The van der Waals surface area contributed by atoms with Gasteiger partial charge in [0, 0.05) is 11.3 Å². The molecule has 0 fully saturated rings. The molecule has 2 rings (SSSR count). The van der Waals surface area contributed by atoms with Gasteiger partial charge < -0.3 is 14.2 Å². The summed E-state index contributed by atoms with van der Waals surface area (Å²) in [7, 11) is -4.67. The minimum atomic E-state index is -2.37. The maximum Gasteiger partial charge on any atom is 0.269 e. The molecule has 8 nitrogen and oxygen atoms in total. The molecule has 3 N–H and O–H groups in total. The first-order chi connectivity index (χ1) is 19.5. The Hall–Kier alpha value is -2.92. The third kappa shape index (κ3) is 8.82. The van der Waals surface area contributed by atoms with Crippen LogP contribution in [0.25, 0.3) is 0 Å². The number of hydrogen-bond acceptors (Lipinski definition) is 6. The fraction of sp³-hybridized carbons (Fsp3) is 0.516. The number of carbonyl (C=O) groups excluding carboxylic acids is 2. The zero-order valence-electron chi connectivity index (χ0n) is 27.4. The number of carbonyl (C=O) groups is 2. The van der Waals surface area contributed by atoms with E-state index in [0.717, 1.165) is 0 Å². The lowest BCUT2D eigenvalue weighted by atomic mass is 10.1. The molecule has 0 bridgehead atoms. The minimum Gasteiger partial charge on any atom is -0.542 e. The van der Waals surface area contributed by atoms with Crippen LogP contribution in [0.5, 0.6) is 5.75 Å². The Kier molecular flexibility index (Phi) is 11.3. The average Bonchev–Trinajstić information content (AvgIpc) is 2.87. The SMILES string of the molecule is Cc1c(N[C@@H](C(=O)NNC(=O)c2ccc(F)c(O[Si](C)(C)C(C)(C)C)c2)[C@H](C)O[Si](C)(C)C(C)(C)C)ccc(C#N)c1Cl. The second kappa shape index (κ2) is 13.4. The van der Waals surface area contributed by atoms with E-state index in [-0.39, 0.29) is 26.4 Å². The lowest BCUT2D eigenvalue weighted by Crippen LogP contribution is -2.55. The first-order valence-corrected chi connectivity index (χ1v) is 20.4. The van der Waals surface area contributed by atoms with Gasteiger partial charge in [0.1, 0.15) is 17.9 Å². The minimum absolute atomic E-state index is 0.00493. The van der Waals surface area contributed by atoms with Crippen LogP contribution >= 0.6 is 11.6 Å². The van der Waals surface area contributed by atoms with Crippen LogP contribution in [0.2, 0.25) is 41.3 Å². The quantitative estimate of drug-likeness (QED) is 0.190. The second-order valence-electron chi connectivity index (χ2n) is 13.9. The molecular formula is C31H46ClFN4O4Si2. The van der Waals surface area contributed by atoms with Crippen molar-refractivity contribution in [3.63, 3.8) is 0 Å². The Morgan fingerprint density at radius 2 is 1.56 bits per heavy atom. The van der Waals surface area contributed by atoms with Crippen molar-refractivity contribution >= 4 is 45.7 Å². The highest BCUT2D eigenvalue weighted by atomic mass is 35.5. The van der Waals surface area contributed by atoms with Crippen molar-refractivity contribution in [1.82, 2.24) is 10.9 Å². The third-order valence-electron chi connectivity index (χ3n) is 8.52. The number of hydrazine groups is 1. The highest BCUT2D eigenvalue weighted by Crippen LogP contribution is 2.39. The molecule has 0 saturated heterocycles. The zero-order valence-corrected chi connectivity index (χ0v) is 30.1. The van der Waals surface area contributed by atoms with Crippen LogP contribution in [-0.2, 0) is 9.22 Å². The number of halogens is 2. The van der Waals surface area contributed by atoms with Crippen molar-refractivity contribution in [2.75, 3.05) is 5.32 Å². The first kappa shape index (κ1) is 36.3. The van der Waals surface area contributed by atoms with Crippen molar-refractivity contribution in [3.8, 4) is 11.8 Å². The van der Waals surface area contributed by atoms with E-state index in [2.05, 4.69) is 50.0 Å². The van der Waals surface area contributed by atoms with Gasteiger partial charge in [-0.05, 0) is 86.0 Å². The van der Waals surface area contributed by atoms with E-state index in [0.29, 0.717) is 16.8 Å². The summed E-state index contributed by atoms with van der Waals surface area (Å²) in [6.45, 7) is 24.1. The molecule has 2 amide bonds. The molecule has 236 valence electrons. The van der Waals surface area contributed by atoms with Gasteiger partial charge in [-0.3, -0.25) is 20.4 Å². The van der Waals surface area contributed by atoms with Crippen molar-refractivity contribution in [3.05, 3.63) is 57.9 Å². The Labute approximate surface area is 262 Å². The molecule has 0 saturated carbocycles. The van der Waals surface area contributed by atoms with Gasteiger partial charge in [-0.25, -0.2) is 4.39 Å². The number of nitrogens with one attached hydrogen (secondary N) is 3. The number of nitriles is 1. The smallest absolute Gasteiger partial charge is 0.269 e. The van der Waals surface area contributed by atoms with Gasteiger partial charge in [0.25, 0.3) is 20.1 Å². The third-order valence-corrected chi connectivity index (χ3v) is 17.9. The summed E-state index contributed by atoms with van der Waals surface area (Å²) >= 11 is 6.39. The summed E-state index contributed by atoms with van der Waals surface area (Å²) in [5.74, 6) is -1.76. The van der Waals surface area contributed by atoms with E-state index in [1.807, 2.05) is 39.9 Å². The molecule has 2 aromatic rings. The second-order valence-corrected chi connectivity index (χ2v) is 23.7. The zero-order chi connectivity index (χ0) is 33.1. The summed E-state index contributed by atoms with van der Waals surface area (Å²) in [4.78, 5) is 26.7. The van der Waals surface area contributed by atoms with Crippen molar-refractivity contribution in [1.29, 1.82) is 5.26 Å². The molecular weight excluding hydrogens is 603 g/mol. The van der Waals surface area contributed by atoms with Gasteiger partial charge in [-0.2, -0.15) is 5.26 Å². The Morgan fingerprint density at radius 3 is 2.09 bits per heavy atom. The largest absolute Gasteiger partial charge is 0.542 e. The van der Waals surface area contributed by atoms with E-state index < -0.39 is 46.4 Å². The molecule has 2 atom stereocenters. The monoisotopic (exact) mass is 648 g/mol. The first-order valence-electron chi connectivity index (χ1n) is 14.2. The van der Waals surface area contributed by atoms with Gasteiger partial charge in [0.2, 0.25) is 0 Å². The fourth-order valence-corrected chi connectivity index (χ4v) is 6.26. The molecule has 0 spiro atoms. The van der Waals surface area contributed by atoms with Gasteiger partial charge in [0.15, 0.2) is 14.1 Å². The summed E-state index contributed by atoms with van der Waals surface area (Å²) in [5, 5.41) is 12.5. The highest BCUT2D eigenvalue weighted by Gasteiger charge is 2.41. The van der Waals surface area contributed by atoms with Gasteiger partial charge in [0.05, 0.1) is 16.7 Å². The predicted octanol–water partition coefficient (Wildman–Crippen LogP) is 7.70. The van der Waals surface area contributed by atoms with E-state index >= 15 is 0 Å². The highest BCUT2D eigenvalue weighted by molar-refractivity contribution is 6.75. The molecule has 0 heterocycles. The van der Waals surface area contributed by atoms with E-state index in [1.54, 1.807) is 26.0 Å². The van der Waals surface area contributed by atoms with Crippen LogP contribution in [0.15, 0.2) is 30.3 Å². The van der Waals surface area contributed by atoms with Crippen LogP contribution in [0.4, 0.5) is 10.1 Å². The molecule has 2 aromatic carbocycles. The van der Waals surface area contributed by atoms with Crippen LogP contribution in [0.3, 0.4) is 0 Å². The molecule has 0 aliphatic carbocycles. The van der Waals surface area contributed by atoms with E-state index in [9.17, 15) is 19.2 Å². The number of rotatable bonds is 9. The van der Waals surface area contributed by atoms with Crippen LogP contribution in [-0.4, -0.2) is 40.6 Å². The normalized spacial score (nSPS) is 13.9. The molecule has 0 aliphatic heterocycles. The number of nitrogens with zero attached hydrogens (tertiary/aromatic N) is 1. The van der Waals surface area contributed by atoms with Gasteiger partial charge in [-0.1, -0.05) is 53.1 Å². The molecule has 0 aromatic heterocycles. The fourth-order valence-electron chi connectivity index (χ4n) is 3.62. The standard InChI is InChI=1S/C31H46ClFN4O4Si2/c1-19-24(16-14-22(18-34)26(19)32)35-27(20(2)40-42(9,10)30(3,4)5)29(39)37-36-28(38)21-13-15-23(33)25(17-21)41-43(11,12)31(6,7)8/h13-17,20,27,35H,1-12H3,(H,36,38)(H,37,39)/t20-,27+/m0/s1. The Balaban J connectivity index is 2.33. The molecule has 0 unspecified atom stereocenters. The van der Waals surface area contributed by atoms with Crippen molar-refractivity contribution in [2.24, 2.45) is 0 Å². The topological polar surface area (TPSA) is 112 Å². The lowest BCUT2D eigenvalue weighted by Gasteiger charge is -2.40. The molecule has 0 aliphatic rings.